The fraction of sp³-hybridized carbons (Fsp3) is 0.150. The molecular formula is C20H18N2O3S. The minimum Gasteiger partial charge on any atom is -0.454 e. The van der Waals surface area contributed by atoms with Gasteiger partial charge in [-0.25, -0.2) is 4.79 Å². The predicted octanol–water partition coefficient (Wildman–Crippen LogP) is 4.70. The Hall–Kier alpha value is -2.99. The van der Waals surface area contributed by atoms with Gasteiger partial charge in [0.25, 0.3) is 0 Å². The highest BCUT2D eigenvalue weighted by Gasteiger charge is 2.19. The summed E-state index contributed by atoms with van der Waals surface area (Å²) in [6, 6.07) is 17.0. The van der Waals surface area contributed by atoms with Crippen LogP contribution in [0.5, 0.6) is 11.5 Å². The highest BCUT2D eigenvalue weighted by molar-refractivity contribution is 7.10. The first-order valence-electron chi connectivity index (χ1n) is 8.26. The standard InChI is InChI=1S/C20H18N2O3S/c1-13-4-6-14(7-5-13)19(18-3-2-10-26-18)22-20(23)21-15-8-9-16-17(11-15)25-12-24-16/h2-11,19H,12H2,1H3,(H2,21,22,23). The molecule has 1 aliphatic rings. The Bertz CT molecular complexity index is 907. The van der Waals surface area contributed by atoms with Crippen molar-refractivity contribution in [2.75, 3.05) is 12.1 Å². The molecule has 2 heterocycles. The van der Waals surface area contributed by atoms with Gasteiger partial charge in [-0.3, -0.25) is 0 Å². The Kier molecular flexibility index (Phi) is 4.50. The van der Waals surface area contributed by atoms with Crippen molar-refractivity contribution in [3.8, 4) is 11.5 Å². The van der Waals surface area contributed by atoms with Crippen LogP contribution in [0.3, 0.4) is 0 Å². The lowest BCUT2D eigenvalue weighted by molar-refractivity contribution is 0.174. The number of anilines is 1. The number of aryl methyl sites for hydroxylation is 1. The number of hydrogen-bond acceptors (Lipinski definition) is 4. The first-order chi connectivity index (χ1) is 12.7. The molecule has 26 heavy (non-hydrogen) atoms. The fourth-order valence-electron chi connectivity index (χ4n) is 2.81. The van der Waals surface area contributed by atoms with E-state index in [1.165, 1.54) is 5.56 Å². The zero-order chi connectivity index (χ0) is 17.9. The van der Waals surface area contributed by atoms with Crippen molar-refractivity contribution in [3.05, 3.63) is 76.0 Å². The SMILES string of the molecule is Cc1ccc(C(NC(=O)Nc2ccc3c(c2)OCO3)c2cccs2)cc1. The lowest BCUT2D eigenvalue weighted by Gasteiger charge is -2.19. The number of ether oxygens (including phenoxy) is 2. The molecule has 1 aliphatic heterocycles. The van der Waals surface area contributed by atoms with E-state index in [9.17, 15) is 4.79 Å². The summed E-state index contributed by atoms with van der Waals surface area (Å²) in [6.45, 7) is 2.25. The summed E-state index contributed by atoms with van der Waals surface area (Å²) in [4.78, 5) is 13.6. The Morgan fingerprint density at radius 3 is 2.65 bits per heavy atom. The second-order valence-corrected chi connectivity index (χ2v) is 7.00. The Morgan fingerprint density at radius 2 is 1.88 bits per heavy atom. The highest BCUT2D eigenvalue weighted by Crippen LogP contribution is 2.34. The van der Waals surface area contributed by atoms with Crippen LogP contribution in [0, 0.1) is 6.92 Å². The third-order valence-corrected chi connectivity index (χ3v) is 5.08. The zero-order valence-electron chi connectivity index (χ0n) is 14.2. The van der Waals surface area contributed by atoms with Gasteiger partial charge in [0.05, 0.1) is 6.04 Å². The van der Waals surface area contributed by atoms with Crippen LogP contribution in [0.1, 0.15) is 22.0 Å². The molecule has 3 aromatic rings. The lowest BCUT2D eigenvalue weighted by atomic mass is 10.0. The Labute approximate surface area is 155 Å². The predicted molar refractivity (Wildman–Crippen MR) is 102 cm³/mol. The van der Waals surface area contributed by atoms with Crippen molar-refractivity contribution in [2.24, 2.45) is 0 Å². The number of fused-ring (bicyclic) bond motifs is 1. The van der Waals surface area contributed by atoms with Crippen LogP contribution in [0.4, 0.5) is 10.5 Å². The minimum absolute atomic E-state index is 0.204. The third-order valence-electron chi connectivity index (χ3n) is 4.14. The van der Waals surface area contributed by atoms with Gasteiger partial charge in [0.1, 0.15) is 0 Å². The van der Waals surface area contributed by atoms with Crippen LogP contribution in [0.2, 0.25) is 0 Å². The van der Waals surface area contributed by atoms with E-state index in [4.69, 9.17) is 9.47 Å². The van der Waals surface area contributed by atoms with Crippen molar-refractivity contribution in [1.29, 1.82) is 0 Å². The number of carbonyl (C=O) groups excluding carboxylic acids is 1. The van der Waals surface area contributed by atoms with E-state index in [1.54, 1.807) is 29.5 Å². The molecule has 1 aromatic heterocycles. The normalized spacial score (nSPS) is 13.3. The Morgan fingerprint density at radius 1 is 1.08 bits per heavy atom. The molecule has 1 unspecified atom stereocenters. The van der Waals surface area contributed by atoms with Crippen molar-refractivity contribution >= 4 is 23.1 Å². The smallest absolute Gasteiger partial charge is 0.320 e. The number of hydrogen-bond donors (Lipinski definition) is 2. The summed E-state index contributed by atoms with van der Waals surface area (Å²) in [5.74, 6) is 1.32. The van der Waals surface area contributed by atoms with E-state index in [0.29, 0.717) is 17.2 Å². The van der Waals surface area contributed by atoms with Crippen LogP contribution in [0.25, 0.3) is 0 Å². The number of carbonyl (C=O) groups is 1. The number of nitrogens with one attached hydrogen (secondary N) is 2. The van der Waals surface area contributed by atoms with Gasteiger partial charge in [-0.1, -0.05) is 35.9 Å². The molecule has 4 rings (SSSR count). The maximum absolute atomic E-state index is 12.6. The van der Waals surface area contributed by atoms with E-state index in [-0.39, 0.29) is 18.9 Å². The molecule has 0 saturated heterocycles. The molecular weight excluding hydrogens is 348 g/mol. The van der Waals surface area contributed by atoms with E-state index in [1.807, 2.05) is 48.7 Å². The fourth-order valence-corrected chi connectivity index (χ4v) is 3.61. The van der Waals surface area contributed by atoms with Gasteiger partial charge in [0.2, 0.25) is 6.79 Å². The van der Waals surface area contributed by atoms with Gasteiger partial charge in [0.15, 0.2) is 11.5 Å². The summed E-state index contributed by atoms with van der Waals surface area (Å²) in [7, 11) is 0. The van der Waals surface area contributed by atoms with Gasteiger partial charge in [-0.2, -0.15) is 0 Å². The molecule has 0 spiro atoms. The van der Waals surface area contributed by atoms with Crippen molar-refractivity contribution in [1.82, 2.24) is 5.32 Å². The molecule has 2 N–H and O–H groups in total. The molecule has 6 heteroatoms. The number of rotatable bonds is 4. The second-order valence-electron chi connectivity index (χ2n) is 6.03. The average molecular weight is 366 g/mol. The lowest BCUT2D eigenvalue weighted by Crippen LogP contribution is -2.32. The number of benzene rings is 2. The first kappa shape index (κ1) is 16.5. The minimum atomic E-state index is -0.275. The summed E-state index contributed by atoms with van der Waals surface area (Å²) in [5.41, 5.74) is 2.88. The van der Waals surface area contributed by atoms with Crippen LogP contribution in [-0.2, 0) is 0 Å². The summed E-state index contributed by atoms with van der Waals surface area (Å²) >= 11 is 1.62. The summed E-state index contributed by atoms with van der Waals surface area (Å²) in [6.07, 6.45) is 0. The van der Waals surface area contributed by atoms with Crippen molar-refractivity contribution in [2.45, 2.75) is 13.0 Å². The third kappa shape index (κ3) is 3.50. The van der Waals surface area contributed by atoms with Gasteiger partial charge in [0, 0.05) is 16.6 Å². The van der Waals surface area contributed by atoms with E-state index in [2.05, 4.69) is 10.6 Å². The monoisotopic (exact) mass is 366 g/mol. The van der Waals surface area contributed by atoms with E-state index < -0.39 is 0 Å². The molecule has 2 aromatic carbocycles. The largest absolute Gasteiger partial charge is 0.454 e. The maximum Gasteiger partial charge on any atom is 0.320 e. The van der Waals surface area contributed by atoms with E-state index >= 15 is 0 Å². The number of urea groups is 1. The maximum atomic E-state index is 12.6. The summed E-state index contributed by atoms with van der Waals surface area (Å²) in [5, 5.41) is 7.93. The quantitative estimate of drug-likeness (QED) is 0.704. The van der Waals surface area contributed by atoms with Gasteiger partial charge < -0.3 is 20.1 Å². The van der Waals surface area contributed by atoms with Gasteiger partial charge in [-0.05, 0) is 36.1 Å². The second kappa shape index (κ2) is 7.09. The molecule has 0 fully saturated rings. The molecule has 0 aliphatic carbocycles. The first-order valence-corrected chi connectivity index (χ1v) is 9.14. The Balaban J connectivity index is 1.52. The topological polar surface area (TPSA) is 59.6 Å². The average Bonchev–Trinajstić information content (AvgIpc) is 3.32. The molecule has 0 radical (unpaired) electrons. The zero-order valence-corrected chi connectivity index (χ0v) is 15.0. The molecule has 2 amide bonds. The molecule has 1 atom stereocenters. The van der Waals surface area contributed by atoms with Crippen molar-refractivity contribution < 1.29 is 14.3 Å². The van der Waals surface area contributed by atoms with Gasteiger partial charge in [-0.15, -0.1) is 11.3 Å². The number of thiophene rings is 1. The molecule has 0 saturated carbocycles. The number of amides is 2. The van der Waals surface area contributed by atoms with Crippen LogP contribution in [0.15, 0.2) is 60.0 Å². The van der Waals surface area contributed by atoms with E-state index in [0.717, 1.165) is 10.4 Å². The van der Waals surface area contributed by atoms with Gasteiger partial charge >= 0.3 is 6.03 Å². The highest BCUT2D eigenvalue weighted by atomic mass is 32.1. The summed E-state index contributed by atoms with van der Waals surface area (Å²) < 4.78 is 10.6. The van der Waals surface area contributed by atoms with Crippen molar-refractivity contribution in [3.63, 3.8) is 0 Å². The van der Waals surface area contributed by atoms with Crippen LogP contribution >= 0.6 is 11.3 Å². The molecule has 0 bridgehead atoms. The molecule has 5 nitrogen and oxygen atoms in total. The van der Waals surface area contributed by atoms with Crippen LogP contribution in [-0.4, -0.2) is 12.8 Å². The molecule has 132 valence electrons. The van der Waals surface area contributed by atoms with Crippen LogP contribution < -0.4 is 20.1 Å².